The number of hydrogen-bond acceptors (Lipinski definition) is 4. The number of aromatic nitrogens is 5. The molecule has 1 aliphatic heterocycles. The van der Waals surface area contributed by atoms with Crippen molar-refractivity contribution in [1.29, 1.82) is 0 Å². The number of H-pyrrole nitrogens is 1. The highest BCUT2D eigenvalue weighted by atomic mass is 16.1. The topological polar surface area (TPSA) is 71.7 Å². The molecule has 3 heterocycles. The Morgan fingerprint density at radius 2 is 1.96 bits per heavy atom. The van der Waals surface area contributed by atoms with Gasteiger partial charge in [-0.25, -0.2) is 14.6 Å². The van der Waals surface area contributed by atoms with Crippen LogP contribution in [0.5, 0.6) is 0 Å². The van der Waals surface area contributed by atoms with Crippen LogP contribution in [0.25, 0.3) is 5.69 Å². The summed E-state index contributed by atoms with van der Waals surface area (Å²) < 4.78 is 3.62. The van der Waals surface area contributed by atoms with Crippen LogP contribution in [0.1, 0.15) is 31.2 Å². The Bertz CT molecular complexity index is 901. The third-order valence-electron chi connectivity index (χ3n) is 5.44. The van der Waals surface area contributed by atoms with Gasteiger partial charge in [0.15, 0.2) is 0 Å². The van der Waals surface area contributed by atoms with Crippen LogP contribution >= 0.6 is 0 Å². The maximum Gasteiger partial charge on any atom is 0.343 e. The van der Waals surface area contributed by atoms with Crippen LogP contribution < -0.4 is 5.69 Å². The van der Waals surface area contributed by atoms with Gasteiger partial charge in [-0.05, 0) is 62.5 Å². The van der Waals surface area contributed by atoms with E-state index < -0.39 is 0 Å². The van der Waals surface area contributed by atoms with Crippen molar-refractivity contribution in [3.05, 3.63) is 64.6 Å². The molecule has 0 amide bonds. The predicted molar refractivity (Wildman–Crippen MR) is 104 cm³/mol. The molecule has 0 bridgehead atoms. The Morgan fingerprint density at radius 1 is 1.19 bits per heavy atom. The molecule has 0 saturated carbocycles. The van der Waals surface area contributed by atoms with Gasteiger partial charge in [-0.2, -0.15) is 10.2 Å². The predicted octanol–water partition coefficient (Wildman–Crippen LogP) is 2.23. The van der Waals surface area contributed by atoms with E-state index in [-0.39, 0.29) is 5.69 Å². The molecule has 1 saturated heterocycles. The standard InChI is InChI=1S/C20H26N6O/c1-2-25-19(22-23-20(25)27)14-16-8-12-24(13-9-16)15-17-4-6-18(7-5-17)26-11-3-10-21-26/h3-7,10-11,16H,2,8-9,12-15H2,1H3,(H,23,27). The first-order valence-corrected chi connectivity index (χ1v) is 9.68. The molecule has 1 N–H and O–H groups in total. The summed E-state index contributed by atoms with van der Waals surface area (Å²) in [5.74, 6) is 1.50. The fraction of sp³-hybridized carbons (Fsp3) is 0.450. The Labute approximate surface area is 158 Å². The lowest BCUT2D eigenvalue weighted by atomic mass is 9.93. The van der Waals surface area contributed by atoms with E-state index >= 15 is 0 Å². The molecule has 2 aromatic heterocycles. The van der Waals surface area contributed by atoms with Crippen molar-refractivity contribution in [3.8, 4) is 5.69 Å². The Kier molecular flexibility index (Phi) is 5.20. The molecule has 0 radical (unpaired) electrons. The van der Waals surface area contributed by atoms with Crippen molar-refractivity contribution in [2.45, 2.75) is 39.3 Å². The molecule has 0 atom stereocenters. The quantitative estimate of drug-likeness (QED) is 0.726. The molecule has 142 valence electrons. The van der Waals surface area contributed by atoms with Crippen molar-refractivity contribution in [2.75, 3.05) is 13.1 Å². The lowest BCUT2D eigenvalue weighted by Crippen LogP contribution is -2.34. The van der Waals surface area contributed by atoms with Crippen LogP contribution in [0.3, 0.4) is 0 Å². The van der Waals surface area contributed by atoms with Crippen molar-refractivity contribution in [2.24, 2.45) is 5.92 Å². The highest BCUT2D eigenvalue weighted by Gasteiger charge is 2.21. The first-order valence-electron chi connectivity index (χ1n) is 9.68. The summed E-state index contributed by atoms with van der Waals surface area (Å²) in [6.45, 7) is 5.82. The molecule has 7 heteroatoms. The number of piperidine rings is 1. The highest BCUT2D eigenvalue weighted by molar-refractivity contribution is 5.33. The monoisotopic (exact) mass is 366 g/mol. The molecule has 0 aliphatic carbocycles. The molecular formula is C20H26N6O. The first kappa shape index (κ1) is 17.7. The summed E-state index contributed by atoms with van der Waals surface area (Å²) in [6, 6.07) is 10.5. The molecule has 1 aliphatic rings. The second-order valence-electron chi connectivity index (χ2n) is 7.23. The number of aromatic amines is 1. The SMILES string of the molecule is CCn1c(CC2CCN(Cc3ccc(-n4cccn4)cc3)CC2)n[nH]c1=O. The molecule has 7 nitrogen and oxygen atoms in total. The maximum atomic E-state index is 11.7. The van der Waals surface area contributed by atoms with Crippen molar-refractivity contribution in [3.63, 3.8) is 0 Å². The van der Waals surface area contributed by atoms with Gasteiger partial charge in [0.25, 0.3) is 0 Å². The van der Waals surface area contributed by atoms with Crippen molar-refractivity contribution in [1.82, 2.24) is 29.4 Å². The Balaban J connectivity index is 1.30. The van der Waals surface area contributed by atoms with E-state index in [2.05, 4.69) is 44.5 Å². The fourth-order valence-electron chi connectivity index (χ4n) is 3.87. The second-order valence-corrected chi connectivity index (χ2v) is 7.23. The summed E-state index contributed by atoms with van der Waals surface area (Å²) >= 11 is 0. The fourth-order valence-corrected chi connectivity index (χ4v) is 3.87. The zero-order valence-corrected chi connectivity index (χ0v) is 15.7. The van der Waals surface area contributed by atoms with E-state index in [9.17, 15) is 4.79 Å². The number of nitrogens with one attached hydrogen (secondary N) is 1. The normalized spacial score (nSPS) is 16.0. The van der Waals surface area contributed by atoms with Gasteiger partial charge in [0.2, 0.25) is 0 Å². The summed E-state index contributed by atoms with van der Waals surface area (Å²) in [5.41, 5.74) is 2.32. The Morgan fingerprint density at radius 3 is 2.63 bits per heavy atom. The highest BCUT2D eigenvalue weighted by Crippen LogP contribution is 2.22. The molecule has 1 fully saturated rings. The van der Waals surface area contributed by atoms with Crippen LogP contribution in [-0.4, -0.2) is 42.5 Å². The molecule has 3 aromatic rings. The summed E-state index contributed by atoms with van der Waals surface area (Å²) in [4.78, 5) is 14.2. The smallest absolute Gasteiger partial charge is 0.299 e. The molecule has 1 aromatic carbocycles. The number of likely N-dealkylation sites (tertiary alicyclic amines) is 1. The van der Waals surface area contributed by atoms with Crippen LogP contribution in [0.15, 0.2) is 47.5 Å². The van der Waals surface area contributed by atoms with Crippen LogP contribution in [0, 0.1) is 5.92 Å². The van der Waals surface area contributed by atoms with Gasteiger partial charge >= 0.3 is 5.69 Å². The summed E-state index contributed by atoms with van der Waals surface area (Å²) in [7, 11) is 0. The maximum absolute atomic E-state index is 11.7. The van der Waals surface area contributed by atoms with Gasteiger partial charge < -0.3 is 0 Å². The zero-order chi connectivity index (χ0) is 18.6. The zero-order valence-electron chi connectivity index (χ0n) is 15.7. The van der Waals surface area contributed by atoms with Crippen LogP contribution in [0.4, 0.5) is 0 Å². The summed E-state index contributed by atoms with van der Waals surface area (Å²) in [6.07, 6.45) is 6.93. The average molecular weight is 366 g/mol. The van der Waals surface area contributed by atoms with Crippen LogP contribution in [0.2, 0.25) is 0 Å². The van der Waals surface area contributed by atoms with Crippen molar-refractivity contribution < 1.29 is 0 Å². The lowest BCUT2D eigenvalue weighted by molar-refractivity contribution is 0.175. The van der Waals surface area contributed by atoms with Gasteiger partial charge in [-0.15, -0.1) is 0 Å². The number of benzene rings is 1. The van der Waals surface area contributed by atoms with Crippen molar-refractivity contribution >= 4 is 0 Å². The third kappa shape index (κ3) is 4.03. The number of hydrogen-bond donors (Lipinski definition) is 1. The molecule has 4 rings (SSSR count). The van der Waals surface area contributed by atoms with Gasteiger partial charge in [-0.1, -0.05) is 12.1 Å². The van der Waals surface area contributed by atoms with E-state index in [0.29, 0.717) is 12.5 Å². The molecule has 0 spiro atoms. The third-order valence-corrected chi connectivity index (χ3v) is 5.44. The van der Waals surface area contributed by atoms with Crippen LogP contribution in [-0.2, 0) is 19.5 Å². The van der Waals surface area contributed by atoms with E-state index in [1.165, 1.54) is 5.56 Å². The second kappa shape index (κ2) is 7.92. The minimum absolute atomic E-state index is 0.0940. The van der Waals surface area contributed by atoms with Gasteiger partial charge in [0.1, 0.15) is 5.82 Å². The van der Waals surface area contributed by atoms with E-state index in [0.717, 1.165) is 50.4 Å². The largest absolute Gasteiger partial charge is 0.343 e. The lowest BCUT2D eigenvalue weighted by Gasteiger charge is -2.31. The Hall–Kier alpha value is -2.67. The number of nitrogens with zero attached hydrogens (tertiary/aromatic N) is 5. The molecule has 27 heavy (non-hydrogen) atoms. The summed E-state index contributed by atoms with van der Waals surface area (Å²) in [5, 5.41) is 11.0. The average Bonchev–Trinajstić information content (AvgIpc) is 3.34. The minimum atomic E-state index is -0.0940. The number of rotatable bonds is 6. The molecular weight excluding hydrogens is 340 g/mol. The van der Waals surface area contributed by atoms with E-state index in [1.807, 2.05) is 23.9 Å². The molecule has 0 unspecified atom stereocenters. The first-order chi connectivity index (χ1) is 13.2. The minimum Gasteiger partial charge on any atom is -0.299 e. The van der Waals surface area contributed by atoms with E-state index in [1.54, 1.807) is 10.8 Å². The van der Waals surface area contributed by atoms with Gasteiger partial charge in [0.05, 0.1) is 5.69 Å². The van der Waals surface area contributed by atoms with E-state index in [4.69, 9.17) is 0 Å². The van der Waals surface area contributed by atoms with Gasteiger partial charge in [-0.3, -0.25) is 9.47 Å². The van der Waals surface area contributed by atoms with Gasteiger partial charge in [0, 0.05) is 31.9 Å².